The number of hydrogen-bond donors (Lipinski definition) is 1. The molecule has 0 spiro atoms. The lowest BCUT2D eigenvalue weighted by molar-refractivity contribution is 0.0577. The molecule has 0 amide bonds. The minimum absolute atomic E-state index is 0.0664. The normalized spacial score (nSPS) is 16.7. The Morgan fingerprint density at radius 1 is 1.25 bits per heavy atom. The van der Waals surface area contributed by atoms with E-state index in [1.807, 2.05) is 36.5 Å². The fraction of sp³-hybridized carbons (Fsp3) is 0.348. The van der Waals surface area contributed by atoms with Gasteiger partial charge in [0.2, 0.25) is 5.88 Å². The summed E-state index contributed by atoms with van der Waals surface area (Å²) in [6.07, 6.45) is 6.14. The lowest BCUT2D eigenvalue weighted by Gasteiger charge is -2.16. The lowest BCUT2D eigenvalue weighted by atomic mass is 10.1. The predicted octanol–water partition coefficient (Wildman–Crippen LogP) is 3.85. The van der Waals surface area contributed by atoms with Crippen LogP contribution in [-0.4, -0.2) is 54.4 Å². The fourth-order valence-corrected chi connectivity index (χ4v) is 3.98. The van der Waals surface area contributed by atoms with Gasteiger partial charge in [-0.1, -0.05) is 23.7 Å². The van der Waals surface area contributed by atoms with Crippen molar-refractivity contribution in [3.63, 3.8) is 0 Å². The zero-order valence-corrected chi connectivity index (χ0v) is 18.7. The summed E-state index contributed by atoms with van der Waals surface area (Å²) < 4.78 is 15.2. The van der Waals surface area contributed by atoms with Crippen molar-refractivity contribution in [2.45, 2.75) is 38.5 Å². The number of fused-ring (bicyclic) bond motifs is 1. The molecule has 1 fully saturated rings. The van der Waals surface area contributed by atoms with Gasteiger partial charge in [-0.05, 0) is 32.0 Å². The van der Waals surface area contributed by atoms with Gasteiger partial charge in [0.25, 0.3) is 0 Å². The molecule has 1 saturated heterocycles. The van der Waals surface area contributed by atoms with E-state index in [-0.39, 0.29) is 6.10 Å². The van der Waals surface area contributed by atoms with Crippen molar-refractivity contribution in [1.82, 2.24) is 24.4 Å². The largest absolute Gasteiger partial charge is 0.470 e. The molecule has 0 aliphatic carbocycles. The molecule has 1 N–H and O–H groups in total. The Morgan fingerprint density at radius 2 is 2.12 bits per heavy atom. The van der Waals surface area contributed by atoms with Crippen molar-refractivity contribution < 1.29 is 14.6 Å². The van der Waals surface area contributed by atoms with Gasteiger partial charge in [-0.2, -0.15) is 5.10 Å². The van der Waals surface area contributed by atoms with Crippen LogP contribution in [-0.2, 0) is 11.3 Å². The van der Waals surface area contributed by atoms with E-state index in [0.29, 0.717) is 36.3 Å². The average Bonchev–Trinajstić information content (AvgIpc) is 3.47. The van der Waals surface area contributed by atoms with E-state index < -0.39 is 5.60 Å². The summed E-state index contributed by atoms with van der Waals surface area (Å²) in [6, 6.07) is 9.52. The molecule has 5 rings (SSSR count). The topological polar surface area (TPSA) is 86.7 Å². The number of benzene rings is 1. The molecule has 9 heteroatoms. The van der Waals surface area contributed by atoms with Crippen molar-refractivity contribution in [2.75, 3.05) is 13.2 Å². The van der Waals surface area contributed by atoms with E-state index in [4.69, 9.17) is 26.2 Å². The molecule has 1 aromatic carbocycles. The molecule has 32 heavy (non-hydrogen) atoms. The minimum atomic E-state index is -0.874. The second-order valence-corrected chi connectivity index (χ2v) is 9.07. The zero-order valence-electron chi connectivity index (χ0n) is 17.9. The number of rotatable bonds is 6. The minimum Gasteiger partial charge on any atom is -0.470 e. The van der Waals surface area contributed by atoms with Crippen LogP contribution in [0.25, 0.3) is 28.0 Å². The molecule has 4 heterocycles. The van der Waals surface area contributed by atoms with Crippen LogP contribution in [0.1, 0.15) is 20.3 Å². The molecule has 0 unspecified atom stereocenters. The molecule has 1 atom stereocenters. The van der Waals surface area contributed by atoms with E-state index in [1.165, 1.54) is 0 Å². The van der Waals surface area contributed by atoms with Crippen LogP contribution in [0.5, 0.6) is 5.88 Å². The standard InChI is InChI=1S/C23H24ClN5O3/c1-23(2,30)14-28-12-16(10-26-28)19-9-21-25-11-20(15-4-3-5-17(24)8-15)29(21)27-22(19)32-18-6-7-31-13-18/h3-5,8-12,18,30H,6-7,13-14H2,1-2H3/t18-/m0/s1. The second kappa shape index (κ2) is 8.20. The highest BCUT2D eigenvalue weighted by molar-refractivity contribution is 6.30. The Morgan fingerprint density at radius 3 is 2.88 bits per heavy atom. The highest BCUT2D eigenvalue weighted by Crippen LogP contribution is 2.33. The van der Waals surface area contributed by atoms with Crippen LogP contribution in [0, 0.1) is 0 Å². The third-order valence-electron chi connectivity index (χ3n) is 5.24. The first-order chi connectivity index (χ1) is 15.4. The maximum Gasteiger partial charge on any atom is 0.240 e. The van der Waals surface area contributed by atoms with Crippen molar-refractivity contribution in [3.05, 3.63) is 53.9 Å². The molecule has 0 saturated carbocycles. The van der Waals surface area contributed by atoms with Crippen LogP contribution in [0.2, 0.25) is 5.02 Å². The quantitative estimate of drug-likeness (QED) is 0.477. The molecular weight excluding hydrogens is 430 g/mol. The smallest absolute Gasteiger partial charge is 0.240 e. The Labute approximate surface area is 190 Å². The van der Waals surface area contributed by atoms with Gasteiger partial charge in [-0.3, -0.25) is 4.68 Å². The maximum atomic E-state index is 10.1. The first-order valence-corrected chi connectivity index (χ1v) is 10.9. The van der Waals surface area contributed by atoms with E-state index in [9.17, 15) is 5.11 Å². The molecule has 0 bridgehead atoms. The highest BCUT2D eigenvalue weighted by Gasteiger charge is 2.23. The van der Waals surface area contributed by atoms with Gasteiger partial charge in [0.1, 0.15) is 6.10 Å². The van der Waals surface area contributed by atoms with E-state index in [1.54, 1.807) is 35.4 Å². The molecule has 1 aliphatic rings. The summed E-state index contributed by atoms with van der Waals surface area (Å²) in [4.78, 5) is 4.56. The molecule has 3 aromatic heterocycles. The summed E-state index contributed by atoms with van der Waals surface area (Å²) in [5, 5.41) is 20.0. The molecule has 8 nitrogen and oxygen atoms in total. The Balaban J connectivity index is 1.60. The van der Waals surface area contributed by atoms with Crippen LogP contribution < -0.4 is 4.74 Å². The summed E-state index contributed by atoms with van der Waals surface area (Å²) in [5.41, 5.74) is 3.17. The van der Waals surface area contributed by atoms with Crippen molar-refractivity contribution in [1.29, 1.82) is 0 Å². The van der Waals surface area contributed by atoms with Gasteiger partial charge in [0.15, 0.2) is 5.65 Å². The summed E-state index contributed by atoms with van der Waals surface area (Å²) in [6.45, 7) is 5.07. The van der Waals surface area contributed by atoms with Gasteiger partial charge in [0.05, 0.1) is 49.0 Å². The van der Waals surface area contributed by atoms with Gasteiger partial charge in [-0.25, -0.2) is 9.50 Å². The van der Waals surface area contributed by atoms with E-state index in [2.05, 4.69) is 10.1 Å². The van der Waals surface area contributed by atoms with Crippen molar-refractivity contribution >= 4 is 17.2 Å². The Bertz CT molecular complexity index is 1250. The summed E-state index contributed by atoms with van der Waals surface area (Å²) in [7, 11) is 0. The first-order valence-electron chi connectivity index (χ1n) is 10.5. The van der Waals surface area contributed by atoms with Crippen LogP contribution >= 0.6 is 11.6 Å². The van der Waals surface area contributed by atoms with Gasteiger partial charge < -0.3 is 14.6 Å². The molecular formula is C23H24ClN5O3. The lowest BCUT2D eigenvalue weighted by Crippen LogP contribution is -2.26. The van der Waals surface area contributed by atoms with E-state index in [0.717, 1.165) is 28.8 Å². The molecule has 4 aromatic rings. The SMILES string of the molecule is CC(C)(O)Cn1cc(-c2cc3ncc(-c4cccc(Cl)c4)n3nc2O[C@H]2CCOC2)cn1. The fourth-order valence-electron chi connectivity index (χ4n) is 3.79. The van der Waals surface area contributed by atoms with Crippen molar-refractivity contribution in [2.24, 2.45) is 0 Å². The van der Waals surface area contributed by atoms with Gasteiger partial charge in [0, 0.05) is 28.8 Å². The number of aliphatic hydroxyl groups is 1. The number of ether oxygens (including phenoxy) is 2. The number of hydrogen-bond acceptors (Lipinski definition) is 6. The van der Waals surface area contributed by atoms with Crippen LogP contribution in [0.4, 0.5) is 0 Å². The number of nitrogens with zero attached hydrogens (tertiary/aromatic N) is 5. The third kappa shape index (κ3) is 4.34. The van der Waals surface area contributed by atoms with E-state index >= 15 is 0 Å². The number of halogens is 1. The zero-order chi connectivity index (χ0) is 22.3. The molecule has 166 valence electrons. The number of aromatic nitrogens is 5. The Kier molecular flexibility index (Phi) is 5.36. The van der Waals surface area contributed by atoms with Crippen LogP contribution in [0.15, 0.2) is 48.9 Å². The van der Waals surface area contributed by atoms with Crippen molar-refractivity contribution in [3.8, 4) is 28.3 Å². The second-order valence-electron chi connectivity index (χ2n) is 8.63. The molecule has 1 aliphatic heterocycles. The maximum absolute atomic E-state index is 10.1. The summed E-state index contributed by atoms with van der Waals surface area (Å²) >= 11 is 6.20. The predicted molar refractivity (Wildman–Crippen MR) is 121 cm³/mol. The third-order valence-corrected chi connectivity index (χ3v) is 5.47. The Hall–Kier alpha value is -2.94. The number of imidazole rings is 1. The monoisotopic (exact) mass is 453 g/mol. The summed E-state index contributed by atoms with van der Waals surface area (Å²) in [5.74, 6) is 0.483. The van der Waals surface area contributed by atoms with Gasteiger partial charge >= 0.3 is 0 Å². The van der Waals surface area contributed by atoms with Gasteiger partial charge in [-0.15, -0.1) is 5.10 Å². The highest BCUT2D eigenvalue weighted by atomic mass is 35.5. The molecule has 0 radical (unpaired) electrons. The average molecular weight is 454 g/mol. The first kappa shape index (κ1) is 20.9. The van der Waals surface area contributed by atoms with Crippen LogP contribution in [0.3, 0.4) is 0 Å².